The Morgan fingerprint density at radius 1 is 1.35 bits per heavy atom. The van der Waals surface area contributed by atoms with Crippen LogP contribution in [0.4, 0.5) is 0 Å². The summed E-state index contributed by atoms with van der Waals surface area (Å²) in [6.07, 6.45) is 0.914. The number of H-pyrrole nitrogens is 1. The summed E-state index contributed by atoms with van der Waals surface area (Å²) in [6, 6.07) is 7.88. The minimum Gasteiger partial charge on any atom is -0.494 e. The quantitative estimate of drug-likeness (QED) is 0.869. The number of aromatic carboxylic acids is 1. The van der Waals surface area contributed by atoms with E-state index in [1.54, 1.807) is 24.3 Å². The number of hydrogen-bond donors (Lipinski definition) is 2. The Balaban J connectivity index is 2.31. The molecule has 0 amide bonds. The van der Waals surface area contributed by atoms with Gasteiger partial charge in [-0.25, -0.2) is 9.78 Å². The molecule has 0 saturated heterocycles. The number of aromatic amines is 1. The second-order valence-corrected chi connectivity index (χ2v) is 4.16. The van der Waals surface area contributed by atoms with Crippen molar-refractivity contribution in [3.8, 4) is 17.1 Å². The lowest BCUT2D eigenvalue weighted by Crippen LogP contribution is -2.13. The van der Waals surface area contributed by atoms with Crippen molar-refractivity contribution in [2.24, 2.45) is 0 Å². The summed E-state index contributed by atoms with van der Waals surface area (Å²) in [4.78, 5) is 28.7. The van der Waals surface area contributed by atoms with Crippen molar-refractivity contribution in [3.63, 3.8) is 0 Å². The molecule has 0 aliphatic rings. The maximum Gasteiger partial charge on any atom is 0.354 e. The van der Waals surface area contributed by atoms with E-state index in [0.717, 1.165) is 12.5 Å². The van der Waals surface area contributed by atoms with Gasteiger partial charge in [0.1, 0.15) is 11.6 Å². The number of carbonyl (C=O) groups is 1. The fraction of sp³-hybridized carbons (Fsp3) is 0.214. The molecule has 2 N–H and O–H groups in total. The number of carboxylic acid groups (broad SMARTS) is 1. The molecule has 0 unspecified atom stereocenters. The highest BCUT2D eigenvalue weighted by atomic mass is 16.5. The van der Waals surface area contributed by atoms with E-state index in [1.165, 1.54) is 0 Å². The molecule has 1 aromatic heterocycles. The second-order valence-electron chi connectivity index (χ2n) is 4.16. The summed E-state index contributed by atoms with van der Waals surface area (Å²) in [5, 5.41) is 8.89. The Labute approximate surface area is 115 Å². The van der Waals surface area contributed by atoms with Crippen molar-refractivity contribution in [2.45, 2.75) is 13.3 Å². The van der Waals surface area contributed by atoms with Gasteiger partial charge in [0.25, 0.3) is 5.56 Å². The van der Waals surface area contributed by atoms with Crippen molar-refractivity contribution in [2.75, 3.05) is 6.61 Å². The molecule has 0 aliphatic heterocycles. The van der Waals surface area contributed by atoms with E-state index in [-0.39, 0.29) is 11.5 Å². The van der Waals surface area contributed by atoms with Crippen molar-refractivity contribution < 1.29 is 14.6 Å². The summed E-state index contributed by atoms with van der Waals surface area (Å²) in [6.45, 7) is 2.64. The van der Waals surface area contributed by atoms with Crippen molar-refractivity contribution in [1.29, 1.82) is 0 Å². The molecule has 0 spiro atoms. The van der Waals surface area contributed by atoms with Crippen molar-refractivity contribution in [3.05, 3.63) is 46.4 Å². The Kier molecular flexibility index (Phi) is 4.14. The number of hydrogen-bond acceptors (Lipinski definition) is 4. The van der Waals surface area contributed by atoms with Crippen LogP contribution in [0.2, 0.25) is 0 Å². The summed E-state index contributed by atoms with van der Waals surface area (Å²) < 4.78 is 5.45. The zero-order chi connectivity index (χ0) is 14.5. The van der Waals surface area contributed by atoms with Gasteiger partial charge >= 0.3 is 5.97 Å². The molecule has 0 saturated carbocycles. The van der Waals surface area contributed by atoms with Crippen molar-refractivity contribution >= 4 is 5.97 Å². The Morgan fingerprint density at radius 3 is 2.65 bits per heavy atom. The molecule has 104 valence electrons. The molecule has 0 aliphatic carbocycles. The van der Waals surface area contributed by atoms with E-state index < -0.39 is 11.5 Å². The zero-order valence-electron chi connectivity index (χ0n) is 10.9. The predicted octanol–water partition coefficient (Wildman–Crippen LogP) is 1.92. The number of benzene rings is 1. The first-order valence-corrected chi connectivity index (χ1v) is 6.18. The molecule has 20 heavy (non-hydrogen) atoms. The van der Waals surface area contributed by atoms with Gasteiger partial charge in [-0.2, -0.15) is 0 Å². The fourth-order valence-corrected chi connectivity index (χ4v) is 1.63. The van der Waals surface area contributed by atoms with E-state index in [2.05, 4.69) is 9.97 Å². The van der Waals surface area contributed by atoms with E-state index in [0.29, 0.717) is 17.9 Å². The van der Waals surface area contributed by atoms with Crippen LogP contribution in [0.15, 0.2) is 35.1 Å². The zero-order valence-corrected chi connectivity index (χ0v) is 10.9. The number of nitrogens with zero attached hydrogens (tertiary/aromatic N) is 1. The van der Waals surface area contributed by atoms with Crippen molar-refractivity contribution in [1.82, 2.24) is 9.97 Å². The van der Waals surface area contributed by atoms with Gasteiger partial charge in [0.05, 0.1) is 6.61 Å². The lowest BCUT2D eigenvalue weighted by molar-refractivity contribution is 0.0690. The van der Waals surface area contributed by atoms with Crippen LogP contribution in [0.3, 0.4) is 0 Å². The molecule has 0 radical (unpaired) electrons. The topological polar surface area (TPSA) is 92.3 Å². The number of rotatable bonds is 5. The predicted molar refractivity (Wildman–Crippen MR) is 73.0 cm³/mol. The fourth-order valence-electron chi connectivity index (χ4n) is 1.63. The van der Waals surface area contributed by atoms with Gasteiger partial charge in [-0.3, -0.25) is 4.79 Å². The Morgan fingerprint density at radius 2 is 2.05 bits per heavy atom. The van der Waals surface area contributed by atoms with Crippen LogP contribution in [0.1, 0.15) is 23.8 Å². The first-order chi connectivity index (χ1) is 9.60. The van der Waals surface area contributed by atoms with Gasteiger partial charge in [-0.1, -0.05) is 6.92 Å². The second kappa shape index (κ2) is 6.01. The molecule has 1 aromatic carbocycles. The van der Waals surface area contributed by atoms with Crippen LogP contribution in [0, 0.1) is 0 Å². The lowest BCUT2D eigenvalue weighted by atomic mass is 10.2. The van der Waals surface area contributed by atoms with E-state index in [4.69, 9.17) is 9.84 Å². The van der Waals surface area contributed by atoms with Crippen LogP contribution in [-0.4, -0.2) is 27.7 Å². The largest absolute Gasteiger partial charge is 0.494 e. The van der Waals surface area contributed by atoms with Gasteiger partial charge in [-0.15, -0.1) is 0 Å². The summed E-state index contributed by atoms with van der Waals surface area (Å²) >= 11 is 0. The summed E-state index contributed by atoms with van der Waals surface area (Å²) in [5.41, 5.74) is -0.164. The highest BCUT2D eigenvalue weighted by Gasteiger charge is 2.09. The van der Waals surface area contributed by atoms with Gasteiger partial charge in [-0.05, 0) is 30.7 Å². The van der Waals surface area contributed by atoms with Gasteiger partial charge < -0.3 is 14.8 Å². The number of ether oxygens (including phenoxy) is 1. The standard InChI is InChI=1S/C14H14N2O4/c1-2-7-20-10-5-3-9(4-6-10)13-15-11(14(18)19)8-12(17)16-13/h3-6,8H,2,7H2,1H3,(H,18,19)(H,15,16,17). The van der Waals surface area contributed by atoms with E-state index >= 15 is 0 Å². The average Bonchev–Trinajstić information content (AvgIpc) is 2.45. The normalized spacial score (nSPS) is 10.2. The number of aromatic nitrogens is 2. The van der Waals surface area contributed by atoms with Crippen LogP contribution >= 0.6 is 0 Å². The van der Waals surface area contributed by atoms with Crippen LogP contribution < -0.4 is 10.3 Å². The van der Waals surface area contributed by atoms with Gasteiger partial charge in [0.15, 0.2) is 5.69 Å². The molecule has 0 fully saturated rings. The third-order valence-corrected chi connectivity index (χ3v) is 2.56. The highest BCUT2D eigenvalue weighted by Crippen LogP contribution is 2.19. The minimum absolute atomic E-state index is 0.219. The third-order valence-electron chi connectivity index (χ3n) is 2.56. The van der Waals surface area contributed by atoms with Crippen LogP contribution in [0.25, 0.3) is 11.4 Å². The molecule has 6 heteroatoms. The summed E-state index contributed by atoms with van der Waals surface area (Å²) in [5.74, 6) is -0.301. The summed E-state index contributed by atoms with van der Waals surface area (Å²) in [7, 11) is 0. The van der Waals surface area contributed by atoms with Gasteiger partial charge in [0.2, 0.25) is 0 Å². The molecule has 2 aromatic rings. The average molecular weight is 274 g/mol. The molecule has 1 heterocycles. The molecular formula is C14H14N2O4. The van der Waals surface area contributed by atoms with Gasteiger partial charge in [0, 0.05) is 11.6 Å². The third kappa shape index (κ3) is 3.23. The van der Waals surface area contributed by atoms with E-state index in [9.17, 15) is 9.59 Å². The first kappa shape index (κ1) is 13.8. The highest BCUT2D eigenvalue weighted by molar-refractivity contribution is 5.85. The molecular weight excluding hydrogens is 260 g/mol. The number of carboxylic acids is 1. The van der Waals surface area contributed by atoms with Crippen LogP contribution in [-0.2, 0) is 0 Å². The van der Waals surface area contributed by atoms with E-state index in [1.807, 2.05) is 6.92 Å². The van der Waals surface area contributed by atoms with Crippen LogP contribution in [0.5, 0.6) is 5.75 Å². The monoisotopic (exact) mass is 274 g/mol. The molecule has 0 bridgehead atoms. The molecule has 6 nitrogen and oxygen atoms in total. The minimum atomic E-state index is -1.24. The lowest BCUT2D eigenvalue weighted by Gasteiger charge is -2.06. The molecule has 0 atom stereocenters. The Bertz CT molecular complexity index is 662. The maximum atomic E-state index is 11.4. The Hall–Kier alpha value is -2.63. The SMILES string of the molecule is CCCOc1ccc(-c2nc(C(=O)O)cc(=O)[nH]2)cc1. The number of nitrogens with one attached hydrogen (secondary N) is 1. The maximum absolute atomic E-state index is 11.4. The molecule has 2 rings (SSSR count). The first-order valence-electron chi connectivity index (χ1n) is 6.18. The smallest absolute Gasteiger partial charge is 0.354 e.